The van der Waals surface area contributed by atoms with E-state index in [4.69, 9.17) is 5.73 Å². The normalized spacial score (nSPS) is 14.4. The van der Waals surface area contributed by atoms with Gasteiger partial charge in [0.2, 0.25) is 10.0 Å². The Bertz CT molecular complexity index is 209. The largest absolute Gasteiger partial charge is 0.327 e. The summed E-state index contributed by atoms with van der Waals surface area (Å²) in [6, 6.07) is -0.158. The second kappa shape index (κ2) is 4.48. The van der Waals surface area contributed by atoms with E-state index in [1.165, 1.54) is 6.08 Å². The summed E-state index contributed by atoms with van der Waals surface area (Å²) < 4.78 is 24.1. The maximum absolute atomic E-state index is 10.9. The fraction of sp³-hybridized carbons (Fsp3) is 0.667. The minimum Gasteiger partial charge on any atom is -0.327 e. The molecule has 0 amide bonds. The molecule has 4 nitrogen and oxygen atoms in total. The smallest absolute Gasteiger partial charge is 0.215 e. The first-order chi connectivity index (χ1) is 4.98. The van der Waals surface area contributed by atoms with E-state index in [1.807, 2.05) is 0 Å². The molecule has 3 N–H and O–H groups in total. The molecule has 0 radical (unpaired) electrons. The van der Waals surface area contributed by atoms with Crippen LogP contribution in [0.25, 0.3) is 0 Å². The van der Waals surface area contributed by atoms with E-state index in [0.29, 0.717) is 0 Å². The van der Waals surface area contributed by atoms with Crippen LogP contribution in [0.2, 0.25) is 0 Å². The molecule has 5 heteroatoms. The van der Waals surface area contributed by atoms with Gasteiger partial charge >= 0.3 is 0 Å². The lowest BCUT2D eigenvalue weighted by atomic mass is 10.4. The van der Waals surface area contributed by atoms with Gasteiger partial charge in [0.05, 0.1) is 5.75 Å². The van der Waals surface area contributed by atoms with Crippen LogP contribution in [0.5, 0.6) is 0 Å². The first-order valence-electron chi connectivity index (χ1n) is 3.32. The summed E-state index contributed by atoms with van der Waals surface area (Å²) in [5.74, 6) is -0.0558. The Morgan fingerprint density at radius 2 is 2.27 bits per heavy atom. The van der Waals surface area contributed by atoms with Crippen molar-refractivity contribution >= 4 is 10.0 Å². The van der Waals surface area contributed by atoms with Gasteiger partial charge in [-0.05, 0) is 6.92 Å². The Kier molecular flexibility index (Phi) is 4.32. The Balaban J connectivity index is 3.83. The van der Waals surface area contributed by atoms with Crippen LogP contribution in [0, 0.1) is 0 Å². The molecule has 0 saturated carbocycles. The van der Waals surface area contributed by atoms with E-state index in [9.17, 15) is 8.42 Å². The van der Waals surface area contributed by atoms with Crippen LogP contribution >= 0.6 is 0 Å². The minimum atomic E-state index is -3.17. The zero-order valence-electron chi connectivity index (χ0n) is 6.58. The summed E-state index contributed by atoms with van der Waals surface area (Å²) in [4.78, 5) is 0. The fourth-order valence-corrected chi connectivity index (χ4v) is 1.42. The highest BCUT2D eigenvalue weighted by Crippen LogP contribution is 1.84. The molecule has 0 aliphatic carbocycles. The number of sulfonamides is 1. The molecule has 11 heavy (non-hydrogen) atoms. The van der Waals surface area contributed by atoms with Gasteiger partial charge < -0.3 is 5.73 Å². The third-order valence-corrected chi connectivity index (χ3v) is 2.24. The highest BCUT2D eigenvalue weighted by molar-refractivity contribution is 7.89. The molecule has 0 aromatic rings. The Morgan fingerprint density at radius 3 is 2.64 bits per heavy atom. The zero-order chi connectivity index (χ0) is 8.91. The van der Waals surface area contributed by atoms with Crippen molar-refractivity contribution in [2.75, 3.05) is 12.3 Å². The molecule has 0 rings (SSSR count). The summed E-state index contributed by atoms with van der Waals surface area (Å²) in [5.41, 5.74) is 5.34. The minimum absolute atomic E-state index is 0.0558. The maximum atomic E-state index is 10.9. The lowest BCUT2D eigenvalue weighted by molar-refractivity contribution is 0.577. The predicted molar refractivity (Wildman–Crippen MR) is 45.6 cm³/mol. The molecule has 0 aromatic carbocycles. The molecule has 1 unspecified atom stereocenters. The highest BCUT2D eigenvalue weighted by atomic mass is 32.2. The first kappa shape index (κ1) is 10.6. The van der Waals surface area contributed by atoms with Crippen molar-refractivity contribution in [1.82, 2.24) is 4.72 Å². The van der Waals surface area contributed by atoms with Crippen molar-refractivity contribution < 1.29 is 8.42 Å². The van der Waals surface area contributed by atoms with Crippen LogP contribution in [0.3, 0.4) is 0 Å². The van der Waals surface area contributed by atoms with Gasteiger partial charge in [0.1, 0.15) is 0 Å². The molecule has 0 aliphatic heterocycles. The van der Waals surface area contributed by atoms with Gasteiger partial charge in [-0.2, -0.15) is 0 Å². The topological polar surface area (TPSA) is 72.2 Å². The van der Waals surface area contributed by atoms with Crippen molar-refractivity contribution in [3.8, 4) is 0 Å². The summed E-state index contributed by atoms with van der Waals surface area (Å²) in [7, 11) is -3.17. The Labute approximate surface area is 67.5 Å². The molecular formula is C6H14N2O2S. The van der Waals surface area contributed by atoms with Crippen molar-refractivity contribution in [2.24, 2.45) is 5.73 Å². The van der Waals surface area contributed by atoms with Crippen LogP contribution in [0.4, 0.5) is 0 Å². The number of hydrogen-bond acceptors (Lipinski definition) is 3. The molecule has 0 saturated heterocycles. The summed E-state index contributed by atoms with van der Waals surface area (Å²) >= 11 is 0. The van der Waals surface area contributed by atoms with Gasteiger partial charge in [0.25, 0.3) is 0 Å². The number of hydrogen-bond donors (Lipinski definition) is 2. The van der Waals surface area contributed by atoms with Gasteiger partial charge in [0.15, 0.2) is 0 Å². The molecule has 0 aromatic heterocycles. The van der Waals surface area contributed by atoms with E-state index in [2.05, 4.69) is 11.3 Å². The molecule has 0 aliphatic rings. The molecule has 0 heterocycles. The van der Waals surface area contributed by atoms with Crippen LogP contribution in [0.15, 0.2) is 12.7 Å². The van der Waals surface area contributed by atoms with Crippen LogP contribution in [0.1, 0.15) is 6.92 Å². The average molecular weight is 178 g/mol. The Morgan fingerprint density at radius 1 is 1.73 bits per heavy atom. The fourth-order valence-electron chi connectivity index (χ4n) is 0.472. The maximum Gasteiger partial charge on any atom is 0.215 e. The number of nitrogens with one attached hydrogen (secondary N) is 1. The summed E-state index contributed by atoms with van der Waals surface area (Å²) in [6.07, 6.45) is 1.34. The zero-order valence-corrected chi connectivity index (χ0v) is 7.39. The molecule has 66 valence electrons. The van der Waals surface area contributed by atoms with Crippen molar-refractivity contribution in [3.05, 3.63) is 12.7 Å². The molecule has 0 fully saturated rings. The average Bonchev–Trinajstić information content (AvgIpc) is 1.84. The van der Waals surface area contributed by atoms with E-state index in [1.54, 1.807) is 6.92 Å². The van der Waals surface area contributed by atoms with Crippen LogP contribution in [-0.2, 0) is 10.0 Å². The van der Waals surface area contributed by atoms with Gasteiger partial charge in [0, 0.05) is 12.6 Å². The lowest BCUT2D eigenvalue weighted by Gasteiger charge is -2.06. The predicted octanol–water partition coefficient (Wildman–Crippen LogP) is -0.561. The van der Waals surface area contributed by atoms with Gasteiger partial charge in [-0.1, -0.05) is 6.08 Å². The van der Waals surface area contributed by atoms with E-state index in [-0.39, 0.29) is 18.3 Å². The molecule has 0 spiro atoms. The molecule has 0 bridgehead atoms. The standard InChI is InChI=1S/C6H14N2O2S/c1-3-4-11(9,10)8-5-6(2)7/h3,6,8H,1,4-5,7H2,2H3. The monoisotopic (exact) mass is 178 g/mol. The molecule has 1 atom stereocenters. The highest BCUT2D eigenvalue weighted by Gasteiger charge is 2.06. The van der Waals surface area contributed by atoms with Crippen molar-refractivity contribution in [1.29, 1.82) is 0 Å². The third kappa shape index (κ3) is 6.03. The van der Waals surface area contributed by atoms with Crippen LogP contribution in [-0.4, -0.2) is 26.8 Å². The number of rotatable bonds is 5. The summed E-state index contributed by atoms with van der Waals surface area (Å²) in [5, 5.41) is 0. The van der Waals surface area contributed by atoms with Gasteiger partial charge in [-0.15, -0.1) is 6.58 Å². The molecular weight excluding hydrogens is 164 g/mol. The van der Waals surface area contributed by atoms with Crippen molar-refractivity contribution in [3.63, 3.8) is 0 Å². The quantitative estimate of drug-likeness (QED) is 0.554. The van der Waals surface area contributed by atoms with Gasteiger partial charge in [-0.25, -0.2) is 13.1 Å². The van der Waals surface area contributed by atoms with Crippen molar-refractivity contribution in [2.45, 2.75) is 13.0 Å². The van der Waals surface area contributed by atoms with E-state index in [0.717, 1.165) is 0 Å². The lowest BCUT2D eigenvalue weighted by Crippen LogP contribution is -2.36. The Hall–Kier alpha value is -0.390. The second-order valence-corrected chi connectivity index (χ2v) is 4.25. The SMILES string of the molecule is C=CCS(=O)(=O)NCC(C)N. The third-order valence-electron chi connectivity index (χ3n) is 0.962. The van der Waals surface area contributed by atoms with E-state index >= 15 is 0 Å². The van der Waals surface area contributed by atoms with E-state index < -0.39 is 10.0 Å². The number of nitrogens with two attached hydrogens (primary N) is 1. The first-order valence-corrected chi connectivity index (χ1v) is 4.97. The summed E-state index contributed by atoms with van der Waals surface area (Å²) in [6.45, 7) is 5.33. The van der Waals surface area contributed by atoms with Crippen LogP contribution < -0.4 is 10.5 Å². The second-order valence-electron chi connectivity index (χ2n) is 2.40. The van der Waals surface area contributed by atoms with Gasteiger partial charge in [-0.3, -0.25) is 0 Å².